The summed E-state index contributed by atoms with van der Waals surface area (Å²) in [5.41, 5.74) is 0.583. The second kappa shape index (κ2) is 10.2. The first-order chi connectivity index (χ1) is 14.6. The van der Waals surface area contributed by atoms with Crippen LogP contribution >= 0.6 is 11.6 Å². The maximum atomic E-state index is 13.2. The molecule has 1 unspecified atom stereocenters. The lowest BCUT2D eigenvalue weighted by Crippen LogP contribution is -2.65. The Morgan fingerprint density at radius 1 is 1.26 bits per heavy atom. The fourth-order valence-corrected chi connectivity index (χ4v) is 3.25. The minimum Gasteiger partial charge on any atom is -0.324 e. The zero-order chi connectivity index (χ0) is 23.1. The third-order valence-electron chi connectivity index (χ3n) is 5.24. The highest BCUT2D eigenvalue weighted by atomic mass is 35.5. The minimum atomic E-state index is -1.19. The van der Waals surface area contributed by atoms with Crippen LogP contribution in [0.15, 0.2) is 53.8 Å². The second-order valence-corrected chi connectivity index (χ2v) is 8.27. The van der Waals surface area contributed by atoms with Crippen molar-refractivity contribution in [1.29, 1.82) is 5.26 Å². The van der Waals surface area contributed by atoms with E-state index in [1.54, 1.807) is 48.8 Å². The molecule has 0 fully saturated rings. The van der Waals surface area contributed by atoms with Crippen LogP contribution in [0.4, 0.5) is 5.69 Å². The van der Waals surface area contributed by atoms with Crippen molar-refractivity contribution in [1.82, 2.24) is 20.5 Å². The van der Waals surface area contributed by atoms with Crippen molar-refractivity contribution in [3.05, 3.63) is 59.4 Å². The largest absolute Gasteiger partial charge is 0.324 e. The molecule has 164 valence electrons. The van der Waals surface area contributed by atoms with Gasteiger partial charge in [0.15, 0.2) is 12.0 Å². The smallest absolute Gasteiger partial charge is 0.254 e. The Balaban J connectivity index is 2.56. The van der Waals surface area contributed by atoms with Gasteiger partial charge in [0.05, 0.1) is 11.9 Å². The van der Waals surface area contributed by atoms with Gasteiger partial charge in [-0.1, -0.05) is 32.4 Å². The number of benzene rings is 1. The quantitative estimate of drug-likeness (QED) is 0.199. The van der Waals surface area contributed by atoms with E-state index >= 15 is 0 Å². The fourth-order valence-electron chi connectivity index (χ4n) is 3.12. The van der Waals surface area contributed by atoms with E-state index in [4.69, 9.17) is 16.6 Å². The van der Waals surface area contributed by atoms with Crippen molar-refractivity contribution in [2.75, 3.05) is 19.4 Å². The summed E-state index contributed by atoms with van der Waals surface area (Å²) in [6.45, 7) is 6.04. The normalized spacial score (nSPS) is 13.8. The number of carbonyl (C=O) groups is 1. The maximum Gasteiger partial charge on any atom is 0.254 e. The van der Waals surface area contributed by atoms with Gasteiger partial charge in [-0.25, -0.2) is 4.99 Å². The number of rotatable bonds is 7. The van der Waals surface area contributed by atoms with E-state index in [2.05, 4.69) is 20.9 Å². The number of halogens is 1. The van der Waals surface area contributed by atoms with Crippen LogP contribution in [0.3, 0.4) is 0 Å². The predicted octanol–water partition coefficient (Wildman–Crippen LogP) is 3.66. The Labute approximate surface area is 188 Å². The molecule has 0 spiro atoms. The molecule has 0 aliphatic carbocycles. The summed E-state index contributed by atoms with van der Waals surface area (Å²) in [5.74, 6) is -1.32. The van der Waals surface area contributed by atoms with E-state index in [0.717, 1.165) is 0 Å². The molecule has 0 aliphatic heterocycles. The first-order valence-electron chi connectivity index (χ1n) is 9.82. The van der Waals surface area contributed by atoms with Gasteiger partial charge in [0.25, 0.3) is 5.91 Å². The Kier molecular flexibility index (Phi) is 7.97. The monoisotopic (exact) mass is 441 g/mol. The first kappa shape index (κ1) is 24.1. The molecule has 1 aromatic carbocycles. The number of nitriles is 1. The zero-order valence-electron chi connectivity index (χ0n) is 18.4. The number of amides is 1. The van der Waals surface area contributed by atoms with E-state index in [1.807, 2.05) is 46.0 Å². The van der Waals surface area contributed by atoms with Crippen molar-refractivity contribution < 1.29 is 4.79 Å². The molecule has 0 saturated heterocycles. The highest BCUT2D eigenvalue weighted by Gasteiger charge is 2.48. The van der Waals surface area contributed by atoms with Crippen molar-refractivity contribution in [2.24, 2.45) is 10.4 Å². The average molecular weight is 442 g/mol. The van der Waals surface area contributed by atoms with E-state index in [9.17, 15) is 10.1 Å². The molecule has 0 bridgehead atoms. The van der Waals surface area contributed by atoms with Crippen LogP contribution in [0, 0.1) is 16.9 Å². The van der Waals surface area contributed by atoms with Gasteiger partial charge < -0.3 is 10.6 Å². The molecule has 2 aromatic rings. The number of aliphatic imine (C=N–C) groups is 1. The fraction of sp³-hybridized carbons (Fsp3) is 0.364. The number of guanidine groups is 1. The standard InChI is InChI=1S/C22H28ClN7O/c1-6-21(2,3)22(30(4)5,28-19(31)16-9-11-17(23)12-10-16)29-20(26-15-24)27-18-8-7-13-25-14-18/h7-14H,6H2,1-5H3,(H,28,31)(H2,26,27,29). The number of carbonyl (C=O) groups excluding carboxylic acids is 1. The average Bonchev–Trinajstić information content (AvgIpc) is 2.74. The third kappa shape index (κ3) is 5.72. The summed E-state index contributed by atoms with van der Waals surface area (Å²) >= 11 is 5.96. The van der Waals surface area contributed by atoms with E-state index in [0.29, 0.717) is 22.7 Å². The molecule has 8 nitrogen and oxygen atoms in total. The van der Waals surface area contributed by atoms with Crippen molar-refractivity contribution in [3.8, 4) is 6.19 Å². The lowest BCUT2D eigenvalue weighted by Gasteiger charge is -2.48. The molecular weight excluding hydrogens is 414 g/mol. The van der Waals surface area contributed by atoms with Crippen LogP contribution in [-0.4, -0.2) is 41.6 Å². The summed E-state index contributed by atoms with van der Waals surface area (Å²) < 4.78 is 0. The summed E-state index contributed by atoms with van der Waals surface area (Å²) in [4.78, 5) is 23.9. The molecule has 0 aliphatic rings. The molecule has 31 heavy (non-hydrogen) atoms. The van der Waals surface area contributed by atoms with Gasteiger partial charge in [-0.2, -0.15) is 5.26 Å². The Bertz CT molecular complexity index is 952. The molecular formula is C22H28ClN7O. The van der Waals surface area contributed by atoms with Gasteiger partial charge in [0.1, 0.15) is 0 Å². The highest BCUT2D eigenvalue weighted by molar-refractivity contribution is 6.30. The molecule has 1 atom stereocenters. The van der Waals surface area contributed by atoms with E-state index in [1.165, 1.54) is 0 Å². The number of nitrogens with zero attached hydrogens (tertiary/aromatic N) is 4. The zero-order valence-corrected chi connectivity index (χ0v) is 19.2. The molecule has 3 N–H and O–H groups in total. The van der Waals surface area contributed by atoms with Crippen molar-refractivity contribution >= 4 is 29.2 Å². The third-order valence-corrected chi connectivity index (χ3v) is 5.49. The molecule has 9 heteroatoms. The van der Waals surface area contributed by atoms with Crippen LogP contribution in [0.1, 0.15) is 37.6 Å². The lowest BCUT2D eigenvalue weighted by atomic mass is 9.80. The maximum absolute atomic E-state index is 13.2. The van der Waals surface area contributed by atoms with Gasteiger partial charge in [-0.3, -0.25) is 20.0 Å². The number of anilines is 1. The lowest BCUT2D eigenvalue weighted by molar-refractivity contribution is -0.00631. The van der Waals surface area contributed by atoms with Crippen LogP contribution in [0.25, 0.3) is 0 Å². The van der Waals surface area contributed by atoms with Crippen LogP contribution in [0.5, 0.6) is 0 Å². The highest BCUT2D eigenvalue weighted by Crippen LogP contribution is 2.37. The molecule has 1 aromatic heterocycles. The molecule has 2 rings (SSSR count). The number of aromatic nitrogens is 1. The van der Waals surface area contributed by atoms with Gasteiger partial charge >= 0.3 is 0 Å². The summed E-state index contributed by atoms with van der Waals surface area (Å²) in [5, 5.41) is 18.6. The van der Waals surface area contributed by atoms with E-state index in [-0.39, 0.29) is 11.9 Å². The number of hydrogen-bond donors (Lipinski definition) is 3. The Hall–Kier alpha value is -3.15. The van der Waals surface area contributed by atoms with Gasteiger partial charge in [0, 0.05) is 22.2 Å². The minimum absolute atomic E-state index is 0.183. The number of pyridine rings is 1. The summed E-state index contributed by atoms with van der Waals surface area (Å²) in [6.07, 6.45) is 5.86. The van der Waals surface area contributed by atoms with E-state index < -0.39 is 11.2 Å². The van der Waals surface area contributed by atoms with Gasteiger partial charge in [-0.15, -0.1) is 0 Å². The SMILES string of the molecule is CCC(C)(C)C(/N=C(\NC#N)Nc1cccnc1)(NC(=O)c1ccc(Cl)cc1)N(C)C. The van der Waals surface area contributed by atoms with Crippen LogP contribution in [0.2, 0.25) is 5.02 Å². The number of hydrogen-bond acceptors (Lipinski definition) is 5. The van der Waals surface area contributed by atoms with Crippen molar-refractivity contribution in [2.45, 2.75) is 33.0 Å². The van der Waals surface area contributed by atoms with Gasteiger partial charge in [-0.05, 0) is 56.9 Å². The predicted molar refractivity (Wildman–Crippen MR) is 123 cm³/mol. The Morgan fingerprint density at radius 2 is 1.94 bits per heavy atom. The van der Waals surface area contributed by atoms with Gasteiger partial charge in [0.2, 0.25) is 5.96 Å². The molecule has 1 amide bonds. The summed E-state index contributed by atoms with van der Waals surface area (Å²) in [6, 6.07) is 10.2. The molecule has 1 heterocycles. The van der Waals surface area contributed by atoms with Crippen molar-refractivity contribution in [3.63, 3.8) is 0 Å². The topological polar surface area (TPSA) is 105 Å². The van der Waals surface area contributed by atoms with Crippen LogP contribution < -0.4 is 16.0 Å². The molecule has 0 radical (unpaired) electrons. The van der Waals surface area contributed by atoms with Crippen LogP contribution in [-0.2, 0) is 0 Å². The first-order valence-corrected chi connectivity index (χ1v) is 10.2. The molecule has 0 saturated carbocycles. The second-order valence-electron chi connectivity index (χ2n) is 7.83. The number of nitrogens with one attached hydrogen (secondary N) is 3. The Morgan fingerprint density at radius 3 is 2.45 bits per heavy atom. The summed E-state index contributed by atoms with van der Waals surface area (Å²) in [7, 11) is 3.66.